The second kappa shape index (κ2) is 11.2. The molecule has 0 aliphatic carbocycles. The van der Waals surface area contributed by atoms with E-state index in [1.165, 1.54) is 12.1 Å². The normalized spacial score (nSPS) is 15.0. The summed E-state index contributed by atoms with van der Waals surface area (Å²) in [5.41, 5.74) is 1.51. The van der Waals surface area contributed by atoms with Gasteiger partial charge in [0.2, 0.25) is 0 Å². The molecule has 2 amide bonds. The van der Waals surface area contributed by atoms with Crippen molar-refractivity contribution in [2.24, 2.45) is 5.92 Å². The molecule has 0 atom stereocenters. The number of ether oxygens (including phenoxy) is 1. The van der Waals surface area contributed by atoms with Gasteiger partial charge in [0.15, 0.2) is 0 Å². The van der Waals surface area contributed by atoms with Crippen LogP contribution in [0.15, 0.2) is 42.5 Å². The summed E-state index contributed by atoms with van der Waals surface area (Å²) in [6.07, 6.45) is 1.77. The van der Waals surface area contributed by atoms with Crippen LogP contribution in [-0.2, 0) is 13.1 Å². The first-order valence-corrected chi connectivity index (χ1v) is 11.2. The molecule has 3 rings (SSSR count). The van der Waals surface area contributed by atoms with Gasteiger partial charge >= 0.3 is 6.03 Å². The molecule has 2 N–H and O–H groups in total. The molecular formula is C25H34FN3O3. The number of phenolic OH excluding ortho intramolecular Hbond substituents is 1. The van der Waals surface area contributed by atoms with Crippen LogP contribution in [0.3, 0.4) is 0 Å². The summed E-state index contributed by atoms with van der Waals surface area (Å²) in [5, 5.41) is 13.3. The van der Waals surface area contributed by atoms with Crippen molar-refractivity contribution >= 4 is 6.03 Å². The van der Waals surface area contributed by atoms with E-state index in [1.54, 1.807) is 30.3 Å². The number of piperidine rings is 1. The molecule has 1 fully saturated rings. The monoisotopic (exact) mass is 443 g/mol. The third kappa shape index (κ3) is 6.85. The fourth-order valence-electron chi connectivity index (χ4n) is 3.78. The predicted molar refractivity (Wildman–Crippen MR) is 123 cm³/mol. The van der Waals surface area contributed by atoms with E-state index in [2.05, 4.69) is 31.1 Å². The number of amides is 2. The SMILES string of the molecule is CC(C)COc1ccc(CNC(=O)N(Cc2ccc(F)cc2)C2CCN(C)CC2)c(O)c1. The summed E-state index contributed by atoms with van der Waals surface area (Å²) >= 11 is 0. The van der Waals surface area contributed by atoms with Gasteiger partial charge in [-0.05, 0) is 68.7 Å². The van der Waals surface area contributed by atoms with Gasteiger partial charge < -0.3 is 25.0 Å². The summed E-state index contributed by atoms with van der Waals surface area (Å²) in [5.74, 6) is 0.801. The van der Waals surface area contributed by atoms with Crippen molar-refractivity contribution in [3.05, 3.63) is 59.4 Å². The van der Waals surface area contributed by atoms with Crippen LogP contribution in [-0.4, -0.2) is 53.7 Å². The van der Waals surface area contributed by atoms with Crippen LogP contribution in [0.5, 0.6) is 11.5 Å². The van der Waals surface area contributed by atoms with Gasteiger partial charge in [-0.3, -0.25) is 0 Å². The van der Waals surface area contributed by atoms with Crippen molar-refractivity contribution in [3.8, 4) is 11.5 Å². The Balaban J connectivity index is 1.65. The minimum Gasteiger partial charge on any atom is -0.507 e. The Bertz CT molecular complexity index is 881. The number of carbonyl (C=O) groups is 1. The van der Waals surface area contributed by atoms with E-state index in [4.69, 9.17) is 4.74 Å². The zero-order valence-corrected chi connectivity index (χ0v) is 19.2. The molecule has 1 aliphatic heterocycles. The van der Waals surface area contributed by atoms with Gasteiger partial charge in [-0.25, -0.2) is 9.18 Å². The maximum absolute atomic E-state index is 13.3. The van der Waals surface area contributed by atoms with Gasteiger partial charge in [0.25, 0.3) is 0 Å². The van der Waals surface area contributed by atoms with Crippen LogP contribution in [0.2, 0.25) is 0 Å². The summed E-state index contributed by atoms with van der Waals surface area (Å²) in [6.45, 7) is 7.17. The number of likely N-dealkylation sites (tertiary alicyclic amines) is 1. The topological polar surface area (TPSA) is 65.0 Å². The lowest BCUT2D eigenvalue weighted by molar-refractivity contribution is 0.127. The molecule has 0 spiro atoms. The molecule has 1 aliphatic rings. The van der Waals surface area contributed by atoms with Gasteiger partial charge in [0, 0.05) is 30.8 Å². The quantitative estimate of drug-likeness (QED) is 0.636. The number of halogens is 1. The Labute approximate surface area is 190 Å². The zero-order valence-electron chi connectivity index (χ0n) is 19.2. The maximum Gasteiger partial charge on any atom is 0.318 e. The minimum atomic E-state index is -0.291. The lowest BCUT2D eigenvalue weighted by Gasteiger charge is -2.37. The lowest BCUT2D eigenvalue weighted by atomic mass is 10.0. The molecule has 2 aromatic rings. The number of hydrogen-bond donors (Lipinski definition) is 2. The van der Waals surface area contributed by atoms with Gasteiger partial charge in [-0.1, -0.05) is 26.0 Å². The summed E-state index contributed by atoms with van der Waals surface area (Å²) in [7, 11) is 2.08. The second-order valence-electron chi connectivity index (χ2n) is 8.94. The number of nitrogens with zero attached hydrogens (tertiary/aromatic N) is 2. The number of hydrogen-bond acceptors (Lipinski definition) is 4. The molecule has 6 nitrogen and oxygen atoms in total. The van der Waals surface area contributed by atoms with E-state index in [0.29, 0.717) is 30.4 Å². The fraction of sp³-hybridized carbons (Fsp3) is 0.480. The average Bonchev–Trinajstić information content (AvgIpc) is 2.77. The van der Waals surface area contributed by atoms with Crippen molar-refractivity contribution < 1.29 is 19.0 Å². The van der Waals surface area contributed by atoms with Crippen molar-refractivity contribution in [1.29, 1.82) is 0 Å². The Kier molecular flexibility index (Phi) is 8.33. The lowest BCUT2D eigenvalue weighted by Crippen LogP contribution is -2.49. The molecule has 1 heterocycles. The van der Waals surface area contributed by atoms with E-state index < -0.39 is 0 Å². The highest BCUT2D eigenvalue weighted by molar-refractivity contribution is 5.74. The number of urea groups is 1. The maximum atomic E-state index is 13.3. The Hall–Kier alpha value is -2.80. The predicted octanol–water partition coefficient (Wildman–Crippen LogP) is 4.37. The summed E-state index contributed by atoms with van der Waals surface area (Å²) in [6, 6.07) is 11.3. The molecule has 2 aromatic carbocycles. The van der Waals surface area contributed by atoms with E-state index in [0.717, 1.165) is 31.5 Å². The number of carbonyl (C=O) groups excluding carboxylic acids is 1. The molecular weight excluding hydrogens is 409 g/mol. The standard InChI is InChI=1S/C25H34FN3O3/c1-18(2)17-32-23-9-6-20(24(30)14-23)15-27-25(31)29(22-10-12-28(3)13-11-22)16-19-4-7-21(26)8-5-19/h4-9,14,18,22,30H,10-13,15-17H2,1-3H3,(H,27,31). The Morgan fingerprint density at radius 3 is 2.53 bits per heavy atom. The molecule has 7 heteroatoms. The molecule has 0 saturated carbocycles. The van der Waals surface area contributed by atoms with Gasteiger partial charge in [-0.15, -0.1) is 0 Å². The first-order chi connectivity index (χ1) is 15.3. The Morgan fingerprint density at radius 2 is 1.91 bits per heavy atom. The van der Waals surface area contributed by atoms with Crippen molar-refractivity contribution in [1.82, 2.24) is 15.1 Å². The molecule has 1 saturated heterocycles. The largest absolute Gasteiger partial charge is 0.507 e. The van der Waals surface area contributed by atoms with Crippen LogP contribution in [0.25, 0.3) is 0 Å². The van der Waals surface area contributed by atoms with E-state index in [9.17, 15) is 14.3 Å². The summed E-state index contributed by atoms with van der Waals surface area (Å²) in [4.78, 5) is 17.2. The average molecular weight is 444 g/mol. The van der Waals surface area contributed by atoms with Crippen molar-refractivity contribution in [3.63, 3.8) is 0 Å². The van der Waals surface area contributed by atoms with Crippen LogP contribution in [0.1, 0.15) is 37.8 Å². The van der Waals surface area contributed by atoms with Gasteiger partial charge in [0.1, 0.15) is 17.3 Å². The van der Waals surface area contributed by atoms with Crippen molar-refractivity contribution in [2.75, 3.05) is 26.7 Å². The first kappa shape index (κ1) is 23.9. The molecule has 174 valence electrons. The number of phenols is 1. The molecule has 0 unspecified atom stereocenters. The second-order valence-corrected chi connectivity index (χ2v) is 8.94. The highest BCUT2D eigenvalue weighted by Gasteiger charge is 2.27. The highest BCUT2D eigenvalue weighted by atomic mass is 19.1. The first-order valence-electron chi connectivity index (χ1n) is 11.2. The minimum absolute atomic E-state index is 0.0935. The van der Waals surface area contributed by atoms with E-state index >= 15 is 0 Å². The van der Waals surface area contributed by atoms with Crippen LogP contribution in [0, 0.1) is 11.7 Å². The van der Waals surface area contributed by atoms with E-state index in [-0.39, 0.29) is 30.2 Å². The number of nitrogens with one attached hydrogen (secondary N) is 1. The van der Waals surface area contributed by atoms with Crippen LogP contribution >= 0.6 is 0 Å². The Morgan fingerprint density at radius 1 is 1.22 bits per heavy atom. The van der Waals surface area contributed by atoms with E-state index in [1.807, 2.05) is 4.90 Å². The van der Waals surface area contributed by atoms with Crippen molar-refractivity contribution in [2.45, 2.75) is 45.8 Å². The number of rotatable bonds is 8. The third-order valence-electron chi connectivity index (χ3n) is 5.73. The van der Waals surface area contributed by atoms with Crippen LogP contribution < -0.4 is 10.1 Å². The summed E-state index contributed by atoms with van der Waals surface area (Å²) < 4.78 is 19.0. The zero-order chi connectivity index (χ0) is 23.1. The third-order valence-corrected chi connectivity index (χ3v) is 5.73. The number of benzene rings is 2. The van der Waals surface area contributed by atoms with Crippen LogP contribution in [0.4, 0.5) is 9.18 Å². The smallest absolute Gasteiger partial charge is 0.318 e. The molecule has 32 heavy (non-hydrogen) atoms. The molecule has 0 aromatic heterocycles. The number of aromatic hydroxyl groups is 1. The van der Waals surface area contributed by atoms with Gasteiger partial charge in [0.05, 0.1) is 6.61 Å². The molecule has 0 bridgehead atoms. The highest BCUT2D eigenvalue weighted by Crippen LogP contribution is 2.24. The van der Waals surface area contributed by atoms with Gasteiger partial charge in [-0.2, -0.15) is 0 Å². The fourth-order valence-corrected chi connectivity index (χ4v) is 3.78. The molecule has 0 radical (unpaired) electrons.